The van der Waals surface area contributed by atoms with Crippen molar-refractivity contribution in [3.8, 4) is 11.8 Å². The van der Waals surface area contributed by atoms with Gasteiger partial charge in [-0.05, 0) is 51.3 Å². The number of nitrogens with one attached hydrogen (secondary N) is 1. The lowest BCUT2D eigenvalue weighted by Crippen LogP contribution is -2.42. The third-order valence-electron chi connectivity index (χ3n) is 6.86. The molecule has 2 saturated heterocycles. The van der Waals surface area contributed by atoms with Gasteiger partial charge in [0.15, 0.2) is 0 Å². The Morgan fingerprint density at radius 2 is 1.95 bits per heavy atom. The van der Waals surface area contributed by atoms with Gasteiger partial charge in [0.25, 0.3) is 0 Å². The Kier molecular flexibility index (Phi) is 10.1. The SMILES string of the molecule is Cc1c(OC(=O)[C@@H](N)Cc2ccc(NCC3CCCO3)cc2F)ncnc1OC1CCN(C(=O)OC(C)C)CC1. The summed E-state index contributed by atoms with van der Waals surface area (Å²) in [5, 5.41) is 3.18. The molecule has 4 rings (SSSR count). The fraction of sp³-hybridized carbons (Fsp3) is 0.571. The van der Waals surface area contributed by atoms with Crippen LogP contribution in [0.5, 0.6) is 11.8 Å². The molecule has 0 saturated carbocycles. The van der Waals surface area contributed by atoms with E-state index < -0.39 is 17.8 Å². The summed E-state index contributed by atoms with van der Waals surface area (Å²) in [5.41, 5.74) is 7.44. The van der Waals surface area contributed by atoms with Gasteiger partial charge in [0.05, 0.1) is 17.8 Å². The Bertz CT molecular complexity index is 1170. The third kappa shape index (κ3) is 8.01. The first-order valence-corrected chi connectivity index (χ1v) is 13.7. The zero-order valence-corrected chi connectivity index (χ0v) is 23.2. The number of ether oxygens (including phenoxy) is 4. The number of carbonyl (C=O) groups is 2. The van der Waals surface area contributed by atoms with Gasteiger partial charge in [-0.2, -0.15) is 0 Å². The molecule has 2 aromatic rings. The van der Waals surface area contributed by atoms with Crippen molar-refractivity contribution in [1.82, 2.24) is 14.9 Å². The van der Waals surface area contributed by atoms with Crippen LogP contribution in [0, 0.1) is 12.7 Å². The molecule has 12 heteroatoms. The Hall–Kier alpha value is -3.51. The smallest absolute Gasteiger partial charge is 0.410 e. The highest BCUT2D eigenvalue weighted by Crippen LogP contribution is 2.26. The van der Waals surface area contributed by atoms with Crippen LogP contribution in [0.25, 0.3) is 0 Å². The van der Waals surface area contributed by atoms with E-state index in [9.17, 15) is 14.0 Å². The number of likely N-dealkylation sites (tertiary alicyclic amines) is 1. The van der Waals surface area contributed by atoms with E-state index >= 15 is 0 Å². The molecule has 0 aliphatic carbocycles. The first-order valence-electron chi connectivity index (χ1n) is 13.7. The minimum absolute atomic E-state index is 0.0255. The van der Waals surface area contributed by atoms with E-state index in [0.29, 0.717) is 49.3 Å². The standard InChI is InChI=1S/C28H38FN5O6/c1-17(2)38-28(36)34-10-8-21(9-11-34)39-25-18(3)26(33-16-32-25)40-27(35)24(30)13-19-6-7-20(14-23(19)29)31-15-22-5-4-12-37-22/h6-7,14,16-17,21-22,24,31H,4-5,8-13,15,30H2,1-3H3/t22?,24-/m0/s1. The molecule has 1 aromatic heterocycles. The van der Waals surface area contributed by atoms with Crippen LogP contribution in [0.2, 0.25) is 0 Å². The first kappa shape index (κ1) is 29.5. The van der Waals surface area contributed by atoms with Gasteiger partial charge in [-0.15, -0.1) is 0 Å². The lowest BCUT2D eigenvalue weighted by molar-refractivity contribution is -0.136. The lowest BCUT2D eigenvalue weighted by atomic mass is 10.1. The lowest BCUT2D eigenvalue weighted by Gasteiger charge is -2.31. The number of nitrogens with zero attached hydrogens (tertiary/aromatic N) is 3. The average Bonchev–Trinajstić information content (AvgIpc) is 3.45. The van der Waals surface area contributed by atoms with Crippen molar-refractivity contribution in [2.24, 2.45) is 5.73 Å². The van der Waals surface area contributed by atoms with E-state index in [0.717, 1.165) is 19.4 Å². The van der Waals surface area contributed by atoms with Crippen LogP contribution in [0.3, 0.4) is 0 Å². The second-order valence-corrected chi connectivity index (χ2v) is 10.4. The van der Waals surface area contributed by atoms with Gasteiger partial charge in [0, 0.05) is 51.2 Å². The largest absolute Gasteiger partial charge is 0.474 e. The van der Waals surface area contributed by atoms with E-state index in [1.807, 2.05) is 13.8 Å². The molecule has 1 amide bonds. The van der Waals surface area contributed by atoms with Crippen LogP contribution in [-0.2, 0) is 20.7 Å². The van der Waals surface area contributed by atoms with Gasteiger partial charge >= 0.3 is 12.1 Å². The molecule has 40 heavy (non-hydrogen) atoms. The van der Waals surface area contributed by atoms with Crippen molar-refractivity contribution in [2.45, 2.75) is 77.2 Å². The van der Waals surface area contributed by atoms with Gasteiger partial charge in [-0.1, -0.05) is 6.07 Å². The van der Waals surface area contributed by atoms with E-state index in [1.165, 1.54) is 12.4 Å². The molecular weight excluding hydrogens is 521 g/mol. The van der Waals surface area contributed by atoms with Crippen LogP contribution in [0.1, 0.15) is 50.7 Å². The summed E-state index contributed by atoms with van der Waals surface area (Å²) in [5.74, 6) is -0.896. The molecule has 1 unspecified atom stereocenters. The molecule has 218 valence electrons. The third-order valence-corrected chi connectivity index (χ3v) is 6.86. The van der Waals surface area contributed by atoms with Crippen LogP contribution in [0.15, 0.2) is 24.5 Å². The first-order chi connectivity index (χ1) is 19.2. The van der Waals surface area contributed by atoms with Crippen LogP contribution in [0.4, 0.5) is 14.9 Å². The summed E-state index contributed by atoms with van der Waals surface area (Å²) in [6.07, 6.45) is 3.88. The highest BCUT2D eigenvalue weighted by atomic mass is 19.1. The number of halogens is 1. The molecule has 0 radical (unpaired) electrons. The molecule has 2 aliphatic rings. The summed E-state index contributed by atoms with van der Waals surface area (Å²) in [4.78, 5) is 34.7. The van der Waals surface area contributed by atoms with Gasteiger partial charge in [0.2, 0.25) is 11.8 Å². The Labute approximate surface area is 233 Å². The van der Waals surface area contributed by atoms with Gasteiger partial charge in [-0.3, -0.25) is 0 Å². The zero-order chi connectivity index (χ0) is 28.6. The second kappa shape index (κ2) is 13.7. The number of benzene rings is 1. The monoisotopic (exact) mass is 559 g/mol. The maximum atomic E-state index is 14.7. The number of aromatic nitrogens is 2. The maximum absolute atomic E-state index is 14.7. The number of amides is 1. The van der Waals surface area contributed by atoms with Crippen molar-refractivity contribution < 1.29 is 32.9 Å². The van der Waals surface area contributed by atoms with Crippen LogP contribution >= 0.6 is 0 Å². The van der Waals surface area contributed by atoms with E-state index in [4.69, 9.17) is 24.7 Å². The van der Waals surface area contributed by atoms with E-state index in [-0.39, 0.29) is 42.6 Å². The van der Waals surface area contributed by atoms with Crippen molar-refractivity contribution in [1.29, 1.82) is 0 Å². The van der Waals surface area contributed by atoms with Gasteiger partial charge in [0.1, 0.15) is 24.3 Å². The molecule has 1 aromatic carbocycles. The molecule has 2 fully saturated rings. The number of piperidine rings is 1. The molecule has 0 bridgehead atoms. The minimum Gasteiger partial charge on any atom is -0.474 e. The highest BCUT2D eigenvalue weighted by molar-refractivity contribution is 5.78. The highest BCUT2D eigenvalue weighted by Gasteiger charge is 2.27. The number of hydrogen-bond acceptors (Lipinski definition) is 10. The Balaban J connectivity index is 1.28. The predicted octanol–water partition coefficient (Wildman–Crippen LogP) is 3.38. The number of esters is 1. The summed E-state index contributed by atoms with van der Waals surface area (Å²) in [7, 11) is 0. The molecule has 2 aliphatic heterocycles. The zero-order valence-electron chi connectivity index (χ0n) is 23.2. The van der Waals surface area contributed by atoms with Crippen LogP contribution in [-0.4, -0.2) is 77.5 Å². The normalized spacial score (nSPS) is 18.4. The summed E-state index contributed by atoms with van der Waals surface area (Å²) in [6, 6.07) is 3.64. The molecular formula is C28H38FN5O6. The van der Waals surface area contributed by atoms with Crippen molar-refractivity contribution >= 4 is 17.7 Å². The molecule has 3 N–H and O–H groups in total. The number of anilines is 1. The molecule has 3 heterocycles. The molecule has 11 nitrogen and oxygen atoms in total. The maximum Gasteiger partial charge on any atom is 0.410 e. The predicted molar refractivity (Wildman–Crippen MR) is 145 cm³/mol. The summed E-state index contributed by atoms with van der Waals surface area (Å²) < 4.78 is 37.0. The van der Waals surface area contributed by atoms with Crippen molar-refractivity contribution in [2.75, 3.05) is 31.6 Å². The fourth-order valence-electron chi connectivity index (χ4n) is 4.58. The topological polar surface area (TPSA) is 138 Å². The number of carbonyl (C=O) groups excluding carboxylic acids is 2. The van der Waals surface area contributed by atoms with Crippen LogP contribution < -0.4 is 20.5 Å². The summed E-state index contributed by atoms with van der Waals surface area (Å²) in [6.45, 7) is 7.67. The van der Waals surface area contributed by atoms with Gasteiger partial charge in [-0.25, -0.2) is 23.9 Å². The average molecular weight is 560 g/mol. The number of nitrogens with two attached hydrogens (primary N) is 1. The molecule has 2 atom stereocenters. The fourth-order valence-corrected chi connectivity index (χ4v) is 4.58. The Morgan fingerprint density at radius 1 is 1.20 bits per heavy atom. The summed E-state index contributed by atoms with van der Waals surface area (Å²) >= 11 is 0. The second-order valence-electron chi connectivity index (χ2n) is 10.4. The van der Waals surface area contributed by atoms with Crippen molar-refractivity contribution in [3.63, 3.8) is 0 Å². The number of rotatable bonds is 10. The van der Waals surface area contributed by atoms with E-state index in [2.05, 4.69) is 15.3 Å². The van der Waals surface area contributed by atoms with Crippen molar-refractivity contribution in [3.05, 3.63) is 41.5 Å². The quantitative estimate of drug-likeness (QED) is 0.417. The Morgan fingerprint density at radius 3 is 2.62 bits per heavy atom. The minimum atomic E-state index is -1.10. The number of hydrogen-bond donors (Lipinski definition) is 2. The van der Waals surface area contributed by atoms with Gasteiger partial charge < -0.3 is 34.9 Å². The molecule has 0 spiro atoms. The van der Waals surface area contributed by atoms with E-state index in [1.54, 1.807) is 24.0 Å².